The van der Waals surface area contributed by atoms with E-state index in [4.69, 9.17) is 17.3 Å². The minimum Gasteiger partial charge on any atom is -0.392 e. The number of nitrogens with one attached hydrogen (secondary N) is 1. The molecule has 0 bridgehead atoms. The van der Waals surface area contributed by atoms with Gasteiger partial charge in [0.25, 0.3) is 0 Å². The molecule has 1 atom stereocenters. The molecule has 94 valence electrons. The first-order valence-corrected chi connectivity index (χ1v) is 6.83. The predicted molar refractivity (Wildman–Crippen MR) is 70.2 cm³/mol. The summed E-state index contributed by atoms with van der Waals surface area (Å²) >= 11 is 10.1. The Hall–Kier alpha value is -0.920. The van der Waals surface area contributed by atoms with Crippen molar-refractivity contribution in [1.82, 2.24) is 0 Å². The van der Waals surface area contributed by atoms with Gasteiger partial charge < -0.3 is 5.73 Å². The highest BCUT2D eigenvalue weighted by atomic mass is 35.5. The first kappa shape index (κ1) is 14.1. The van der Waals surface area contributed by atoms with E-state index in [0.29, 0.717) is 0 Å². The molecule has 0 fully saturated rings. The molecular formula is C9H10ClFN2O2S2. The topological polar surface area (TPSA) is 72.2 Å². The van der Waals surface area contributed by atoms with Gasteiger partial charge in [0.15, 0.2) is 0 Å². The molecule has 17 heavy (non-hydrogen) atoms. The number of anilines is 1. The van der Waals surface area contributed by atoms with Crippen molar-refractivity contribution >= 4 is 44.5 Å². The van der Waals surface area contributed by atoms with Crippen LogP contribution in [-0.4, -0.2) is 18.7 Å². The molecule has 0 heterocycles. The molecule has 0 saturated heterocycles. The standard InChI is InChI=1S/C9H10ClFN2O2S2/c1-5(9(12)16)17(14,15)13-6-2-3-7(10)8(11)4-6/h2-5,13H,1H3,(H2,12,16). The zero-order valence-electron chi connectivity index (χ0n) is 8.78. The van der Waals surface area contributed by atoms with Crippen molar-refractivity contribution in [2.24, 2.45) is 5.73 Å². The largest absolute Gasteiger partial charge is 0.392 e. The lowest BCUT2D eigenvalue weighted by atomic mass is 10.3. The van der Waals surface area contributed by atoms with E-state index in [1.165, 1.54) is 19.1 Å². The quantitative estimate of drug-likeness (QED) is 0.832. The summed E-state index contributed by atoms with van der Waals surface area (Å²) in [7, 11) is -3.77. The van der Waals surface area contributed by atoms with Crippen LogP contribution >= 0.6 is 23.8 Å². The van der Waals surface area contributed by atoms with E-state index in [1.807, 2.05) is 0 Å². The molecule has 0 radical (unpaired) electrons. The lowest BCUT2D eigenvalue weighted by Crippen LogP contribution is -2.35. The summed E-state index contributed by atoms with van der Waals surface area (Å²) in [6, 6.07) is 3.57. The minimum atomic E-state index is -3.77. The number of thiocarbonyl (C=S) groups is 1. The average molecular weight is 297 g/mol. The summed E-state index contributed by atoms with van der Waals surface area (Å²) in [5, 5.41) is -1.13. The Bertz CT molecular complexity index is 548. The number of halogens is 2. The van der Waals surface area contributed by atoms with Crippen LogP contribution in [0.4, 0.5) is 10.1 Å². The van der Waals surface area contributed by atoms with E-state index in [2.05, 4.69) is 16.9 Å². The van der Waals surface area contributed by atoms with Gasteiger partial charge in [-0.3, -0.25) is 4.72 Å². The van der Waals surface area contributed by atoms with Crippen LogP contribution in [0.25, 0.3) is 0 Å². The highest BCUT2D eigenvalue weighted by molar-refractivity contribution is 7.95. The van der Waals surface area contributed by atoms with E-state index in [9.17, 15) is 12.8 Å². The molecule has 1 aromatic carbocycles. The molecule has 3 N–H and O–H groups in total. The van der Waals surface area contributed by atoms with Gasteiger partial charge in [0.1, 0.15) is 11.1 Å². The Morgan fingerprint density at radius 1 is 1.59 bits per heavy atom. The van der Waals surface area contributed by atoms with Crippen LogP contribution < -0.4 is 10.5 Å². The normalized spacial score (nSPS) is 13.1. The summed E-state index contributed by atoms with van der Waals surface area (Å²) in [4.78, 5) is -0.160. The third-order valence-corrected chi connectivity index (χ3v) is 4.56. The maximum Gasteiger partial charge on any atom is 0.241 e. The predicted octanol–water partition coefficient (Wildman–Crippen LogP) is 1.90. The number of benzene rings is 1. The summed E-state index contributed by atoms with van der Waals surface area (Å²) in [6.07, 6.45) is 0. The van der Waals surface area contributed by atoms with Crippen molar-refractivity contribution in [1.29, 1.82) is 0 Å². The van der Waals surface area contributed by atoms with E-state index < -0.39 is 21.1 Å². The lowest BCUT2D eigenvalue weighted by Gasteiger charge is -2.13. The second-order valence-electron chi connectivity index (χ2n) is 3.32. The van der Waals surface area contributed by atoms with Crippen molar-refractivity contribution in [3.63, 3.8) is 0 Å². The summed E-state index contributed by atoms with van der Waals surface area (Å²) in [5.74, 6) is -0.713. The fraction of sp³-hybridized carbons (Fsp3) is 0.222. The Morgan fingerprint density at radius 3 is 2.65 bits per heavy atom. The molecule has 1 unspecified atom stereocenters. The van der Waals surface area contributed by atoms with Gasteiger partial charge in [0.2, 0.25) is 10.0 Å². The van der Waals surface area contributed by atoms with Crippen molar-refractivity contribution < 1.29 is 12.8 Å². The zero-order valence-corrected chi connectivity index (χ0v) is 11.2. The summed E-state index contributed by atoms with van der Waals surface area (Å²) in [5.41, 5.74) is 5.31. The van der Waals surface area contributed by atoms with Crippen LogP contribution in [0.5, 0.6) is 0 Å². The van der Waals surface area contributed by atoms with E-state index >= 15 is 0 Å². The molecule has 8 heteroatoms. The fourth-order valence-corrected chi connectivity index (χ4v) is 2.40. The van der Waals surface area contributed by atoms with Gasteiger partial charge in [-0.05, 0) is 25.1 Å². The lowest BCUT2D eigenvalue weighted by molar-refractivity contribution is 0.598. The van der Waals surface area contributed by atoms with Gasteiger partial charge in [-0.1, -0.05) is 23.8 Å². The Kier molecular flexibility index (Phi) is 4.29. The first-order valence-electron chi connectivity index (χ1n) is 4.50. The molecule has 4 nitrogen and oxygen atoms in total. The van der Waals surface area contributed by atoms with Crippen LogP contribution in [0.2, 0.25) is 5.02 Å². The van der Waals surface area contributed by atoms with E-state index in [-0.39, 0.29) is 15.7 Å². The molecule has 1 aromatic rings. The van der Waals surface area contributed by atoms with E-state index in [1.54, 1.807) is 0 Å². The molecule has 0 spiro atoms. The first-order chi connectivity index (χ1) is 7.74. The third-order valence-electron chi connectivity index (χ3n) is 2.05. The highest BCUT2D eigenvalue weighted by Gasteiger charge is 2.23. The zero-order chi connectivity index (χ0) is 13.2. The molecule has 0 saturated carbocycles. The second-order valence-corrected chi connectivity index (χ2v) is 6.20. The highest BCUT2D eigenvalue weighted by Crippen LogP contribution is 2.20. The number of nitrogens with two attached hydrogens (primary N) is 1. The second kappa shape index (κ2) is 5.16. The van der Waals surface area contributed by atoms with Gasteiger partial charge in [0.05, 0.1) is 15.7 Å². The molecule has 0 aliphatic rings. The van der Waals surface area contributed by atoms with Crippen LogP contribution in [0.15, 0.2) is 18.2 Å². The maximum atomic E-state index is 13.1. The summed E-state index contributed by atoms with van der Waals surface area (Å²) in [6.45, 7) is 1.34. The Labute approximate surface area is 109 Å². The number of hydrogen-bond donors (Lipinski definition) is 2. The monoisotopic (exact) mass is 296 g/mol. The van der Waals surface area contributed by atoms with Crippen molar-refractivity contribution in [2.75, 3.05) is 4.72 Å². The Balaban J connectivity index is 2.98. The molecule has 0 amide bonds. The van der Waals surface area contributed by atoms with E-state index in [0.717, 1.165) is 6.07 Å². The third kappa shape index (κ3) is 3.52. The van der Waals surface area contributed by atoms with Gasteiger partial charge in [-0.25, -0.2) is 12.8 Å². The minimum absolute atomic E-state index is 0.0648. The molecule has 0 aliphatic carbocycles. The number of sulfonamides is 1. The van der Waals surface area contributed by atoms with Gasteiger partial charge in [-0.2, -0.15) is 0 Å². The Morgan fingerprint density at radius 2 is 2.18 bits per heavy atom. The number of rotatable bonds is 4. The molecule has 0 aromatic heterocycles. The van der Waals surface area contributed by atoms with Crippen LogP contribution in [-0.2, 0) is 10.0 Å². The fourth-order valence-electron chi connectivity index (χ4n) is 0.965. The van der Waals surface area contributed by atoms with Crippen molar-refractivity contribution in [2.45, 2.75) is 12.2 Å². The van der Waals surface area contributed by atoms with Crippen molar-refractivity contribution in [3.05, 3.63) is 29.0 Å². The van der Waals surface area contributed by atoms with Gasteiger partial charge >= 0.3 is 0 Å². The van der Waals surface area contributed by atoms with Crippen LogP contribution in [0.1, 0.15) is 6.92 Å². The molecule has 0 aliphatic heterocycles. The van der Waals surface area contributed by atoms with Gasteiger partial charge in [-0.15, -0.1) is 0 Å². The maximum absolute atomic E-state index is 13.1. The molecular weight excluding hydrogens is 287 g/mol. The van der Waals surface area contributed by atoms with Crippen LogP contribution in [0.3, 0.4) is 0 Å². The SMILES string of the molecule is CC(C(N)=S)S(=O)(=O)Nc1ccc(Cl)c(F)c1. The smallest absolute Gasteiger partial charge is 0.241 e. The van der Waals surface area contributed by atoms with Crippen molar-refractivity contribution in [3.8, 4) is 0 Å². The number of hydrogen-bond acceptors (Lipinski definition) is 3. The van der Waals surface area contributed by atoms with Gasteiger partial charge in [0, 0.05) is 0 Å². The van der Waals surface area contributed by atoms with Crippen LogP contribution in [0, 0.1) is 5.82 Å². The average Bonchev–Trinajstić information content (AvgIpc) is 2.22. The summed E-state index contributed by atoms with van der Waals surface area (Å²) < 4.78 is 38.7. The molecule has 1 rings (SSSR count).